The van der Waals surface area contributed by atoms with Crippen molar-refractivity contribution in [3.8, 4) is 0 Å². The highest BCUT2D eigenvalue weighted by molar-refractivity contribution is 9.10. The second kappa shape index (κ2) is 5.57. The van der Waals surface area contributed by atoms with E-state index in [4.69, 9.17) is 0 Å². The van der Waals surface area contributed by atoms with Gasteiger partial charge >= 0.3 is 0 Å². The fraction of sp³-hybridized carbons (Fsp3) is 0.250. The Balaban J connectivity index is 1.92. The molecule has 0 N–H and O–H groups in total. The molecule has 84 valence electrons. The Morgan fingerprint density at radius 1 is 1.31 bits per heavy atom. The van der Waals surface area contributed by atoms with Gasteiger partial charge in [0.15, 0.2) is 0 Å². The maximum atomic E-state index is 4.02. The monoisotopic (exact) mass is 296 g/mol. The first kappa shape index (κ1) is 11.8. The lowest BCUT2D eigenvalue weighted by Gasteiger charge is -2.15. The van der Waals surface area contributed by atoms with Gasteiger partial charge in [-0.3, -0.25) is 9.88 Å². The molecule has 0 bridgehead atoms. The molecule has 0 aliphatic heterocycles. The Labute approximate surface area is 108 Å². The van der Waals surface area contributed by atoms with Gasteiger partial charge in [-0.05, 0) is 46.7 Å². The molecule has 2 rings (SSSR count). The summed E-state index contributed by atoms with van der Waals surface area (Å²) in [5.41, 5.74) is 1.30. The molecule has 0 spiro atoms. The van der Waals surface area contributed by atoms with E-state index in [9.17, 15) is 0 Å². The smallest absolute Gasteiger partial charge is 0.0328 e. The minimum Gasteiger partial charge on any atom is -0.297 e. The first-order valence-corrected chi connectivity index (χ1v) is 6.71. The third-order valence-electron chi connectivity index (χ3n) is 2.25. The minimum atomic E-state index is 0.956. The van der Waals surface area contributed by atoms with E-state index in [1.807, 2.05) is 12.4 Å². The van der Waals surface area contributed by atoms with Crippen LogP contribution in [0.15, 0.2) is 40.4 Å². The van der Waals surface area contributed by atoms with Gasteiger partial charge in [-0.15, -0.1) is 11.3 Å². The van der Waals surface area contributed by atoms with E-state index < -0.39 is 0 Å². The minimum absolute atomic E-state index is 0.956. The molecule has 0 aliphatic carbocycles. The predicted molar refractivity (Wildman–Crippen MR) is 71.4 cm³/mol. The first-order valence-electron chi connectivity index (χ1n) is 5.04. The van der Waals surface area contributed by atoms with E-state index >= 15 is 0 Å². The maximum absolute atomic E-state index is 4.02. The molecule has 0 amide bonds. The van der Waals surface area contributed by atoms with Gasteiger partial charge in [-0.25, -0.2) is 0 Å². The van der Waals surface area contributed by atoms with Crippen LogP contribution < -0.4 is 0 Å². The van der Waals surface area contributed by atoms with Crippen LogP contribution in [0.2, 0.25) is 0 Å². The molecule has 2 aromatic heterocycles. The molecule has 4 heteroatoms. The topological polar surface area (TPSA) is 16.1 Å². The summed E-state index contributed by atoms with van der Waals surface area (Å²) >= 11 is 5.26. The fourth-order valence-electron chi connectivity index (χ4n) is 1.56. The van der Waals surface area contributed by atoms with Crippen LogP contribution in [0.1, 0.15) is 10.4 Å². The molecule has 0 aromatic carbocycles. The summed E-state index contributed by atoms with van der Waals surface area (Å²) in [5, 5.41) is 2.12. The van der Waals surface area contributed by atoms with Crippen LogP contribution in [0.4, 0.5) is 0 Å². The Morgan fingerprint density at radius 2 is 2.06 bits per heavy atom. The summed E-state index contributed by atoms with van der Waals surface area (Å²) in [4.78, 5) is 7.69. The zero-order chi connectivity index (χ0) is 11.4. The molecule has 2 nitrogen and oxygen atoms in total. The summed E-state index contributed by atoms with van der Waals surface area (Å²) < 4.78 is 1.17. The average Bonchev–Trinajstić information content (AvgIpc) is 2.65. The Morgan fingerprint density at radius 3 is 2.69 bits per heavy atom. The van der Waals surface area contributed by atoms with Crippen molar-refractivity contribution in [1.29, 1.82) is 0 Å². The van der Waals surface area contributed by atoms with Gasteiger partial charge in [0.2, 0.25) is 0 Å². The van der Waals surface area contributed by atoms with Gasteiger partial charge in [0.05, 0.1) is 0 Å². The van der Waals surface area contributed by atoms with Gasteiger partial charge < -0.3 is 0 Å². The Bertz CT molecular complexity index is 441. The van der Waals surface area contributed by atoms with Gasteiger partial charge in [0.1, 0.15) is 0 Å². The number of aromatic nitrogens is 1. The van der Waals surface area contributed by atoms with Gasteiger partial charge in [0, 0.05) is 40.2 Å². The normalized spacial score (nSPS) is 10.9. The highest BCUT2D eigenvalue weighted by atomic mass is 79.9. The van der Waals surface area contributed by atoms with Crippen LogP contribution in [0.25, 0.3) is 0 Å². The number of nitrogens with zero attached hydrogens (tertiary/aromatic N) is 2. The van der Waals surface area contributed by atoms with E-state index in [1.54, 1.807) is 11.3 Å². The van der Waals surface area contributed by atoms with E-state index in [-0.39, 0.29) is 0 Å². The van der Waals surface area contributed by atoms with Gasteiger partial charge in [-0.2, -0.15) is 0 Å². The van der Waals surface area contributed by atoms with Crippen molar-refractivity contribution in [2.24, 2.45) is 0 Å². The van der Waals surface area contributed by atoms with Crippen LogP contribution in [0.5, 0.6) is 0 Å². The summed E-state index contributed by atoms with van der Waals surface area (Å²) in [5.74, 6) is 0. The van der Waals surface area contributed by atoms with E-state index in [0.717, 1.165) is 13.1 Å². The summed E-state index contributed by atoms with van der Waals surface area (Å²) in [6.45, 7) is 1.94. The number of hydrogen-bond acceptors (Lipinski definition) is 3. The lowest BCUT2D eigenvalue weighted by atomic mass is 10.2. The third kappa shape index (κ3) is 3.40. The number of halogens is 1. The van der Waals surface area contributed by atoms with Crippen molar-refractivity contribution in [1.82, 2.24) is 9.88 Å². The Hall–Kier alpha value is -0.710. The zero-order valence-corrected chi connectivity index (χ0v) is 11.5. The maximum Gasteiger partial charge on any atom is 0.0328 e. The second-order valence-electron chi connectivity index (χ2n) is 3.76. The third-order valence-corrected chi connectivity index (χ3v) is 3.93. The van der Waals surface area contributed by atoms with Crippen LogP contribution in [0, 0.1) is 0 Å². The van der Waals surface area contributed by atoms with E-state index in [1.165, 1.54) is 14.9 Å². The molecular formula is C12H13BrN2S. The number of thiophene rings is 1. The van der Waals surface area contributed by atoms with Crippen molar-refractivity contribution < 1.29 is 0 Å². The SMILES string of the molecule is CN(Cc1ccncc1)Cc1cc(Br)cs1. The highest BCUT2D eigenvalue weighted by Crippen LogP contribution is 2.21. The number of pyridine rings is 1. The van der Waals surface area contributed by atoms with Crippen LogP contribution in [-0.2, 0) is 13.1 Å². The van der Waals surface area contributed by atoms with Crippen molar-refractivity contribution in [2.75, 3.05) is 7.05 Å². The van der Waals surface area contributed by atoms with Gasteiger partial charge in [-0.1, -0.05) is 0 Å². The fourth-order valence-corrected chi connectivity index (χ4v) is 3.09. The summed E-state index contributed by atoms with van der Waals surface area (Å²) in [7, 11) is 2.13. The molecule has 0 saturated carbocycles. The van der Waals surface area contributed by atoms with Crippen LogP contribution in [0.3, 0.4) is 0 Å². The molecule has 0 fully saturated rings. The molecule has 0 radical (unpaired) electrons. The predicted octanol–water partition coefficient (Wildman–Crippen LogP) is 3.54. The quantitative estimate of drug-likeness (QED) is 0.858. The van der Waals surface area contributed by atoms with Crippen LogP contribution >= 0.6 is 27.3 Å². The van der Waals surface area contributed by atoms with Crippen molar-refractivity contribution in [3.05, 3.63) is 50.9 Å². The summed E-state index contributed by atoms with van der Waals surface area (Å²) in [6.07, 6.45) is 3.68. The molecule has 2 heterocycles. The standard InChI is InChI=1S/C12H13BrN2S/c1-15(7-10-2-4-14-5-3-10)8-12-6-11(13)9-16-12/h2-6,9H,7-8H2,1H3. The lowest BCUT2D eigenvalue weighted by Crippen LogP contribution is -2.16. The lowest BCUT2D eigenvalue weighted by molar-refractivity contribution is 0.322. The molecule has 0 atom stereocenters. The van der Waals surface area contributed by atoms with Crippen molar-refractivity contribution in [2.45, 2.75) is 13.1 Å². The molecular weight excluding hydrogens is 284 g/mol. The molecule has 0 unspecified atom stereocenters. The van der Waals surface area contributed by atoms with Crippen molar-refractivity contribution >= 4 is 27.3 Å². The van der Waals surface area contributed by atoms with Gasteiger partial charge in [0.25, 0.3) is 0 Å². The average molecular weight is 297 g/mol. The molecule has 0 aliphatic rings. The molecule has 16 heavy (non-hydrogen) atoms. The molecule has 2 aromatic rings. The van der Waals surface area contributed by atoms with E-state index in [0.29, 0.717) is 0 Å². The van der Waals surface area contributed by atoms with Crippen molar-refractivity contribution in [3.63, 3.8) is 0 Å². The summed E-state index contributed by atoms with van der Waals surface area (Å²) in [6, 6.07) is 6.29. The highest BCUT2D eigenvalue weighted by Gasteiger charge is 2.03. The Kier molecular flexibility index (Phi) is 4.09. The second-order valence-corrected chi connectivity index (χ2v) is 5.67. The number of hydrogen-bond donors (Lipinski definition) is 0. The largest absolute Gasteiger partial charge is 0.297 e. The number of rotatable bonds is 4. The van der Waals surface area contributed by atoms with Crippen LogP contribution in [-0.4, -0.2) is 16.9 Å². The first-order chi connectivity index (χ1) is 7.74. The zero-order valence-electron chi connectivity index (χ0n) is 9.06. The van der Waals surface area contributed by atoms with E-state index in [2.05, 4.69) is 56.4 Å². The molecule has 0 saturated heterocycles.